The largest absolute Gasteiger partial charge is 0.434 e. The standard InChI is InChI=1S/C16H17F3N6O2/c1-23-13(10(5-20)14(26)24(2)15(23)27)21-6-9-3-4-12-22-11(16(17,18)19)8-25(12)7-9/h8-9,21H,3-4,6-7H2,1-2H3/t9-/m1/s1. The van der Waals surface area contributed by atoms with E-state index in [9.17, 15) is 28.0 Å². The number of imidazole rings is 1. The molecule has 0 saturated carbocycles. The van der Waals surface area contributed by atoms with E-state index in [0.717, 1.165) is 10.8 Å². The molecule has 0 aliphatic carbocycles. The van der Waals surface area contributed by atoms with Crippen molar-refractivity contribution in [3.05, 3.63) is 44.1 Å². The molecule has 27 heavy (non-hydrogen) atoms. The van der Waals surface area contributed by atoms with Crippen LogP contribution < -0.4 is 16.6 Å². The Balaban J connectivity index is 1.80. The second-order valence-electron chi connectivity index (χ2n) is 6.52. The molecular formula is C16H17F3N6O2. The number of nitrogens with zero attached hydrogens (tertiary/aromatic N) is 5. The first kappa shape index (κ1) is 18.8. The van der Waals surface area contributed by atoms with E-state index in [2.05, 4.69) is 10.3 Å². The summed E-state index contributed by atoms with van der Waals surface area (Å²) in [6.45, 7) is 0.625. The molecule has 0 aromatic carbocycles. The summed E-state index contributed by atoms with van der Waals surface area (Å²) >= 11 is 0. The SMILES string of the molecule is Cn1c(NC[C@H]2CCc3nc(C(F)(F)F)cn3C2)c(C#N)c(=O)n(C)c1=O. The molecule has 0 spiro atoms. The molecular weight excluding hydrogens is 365 g/mol. The molecule has 11 heteroatoms. The molecule has 0 amide bonds. The highest BCUT2D eigenvalue weighted by Crippen LogP contribution is 2.30. The average Bonchev–Trinajstić information content (AvgIpc) is 3.05. The molecule has 1 N–H and O–H groups in total. The van der Waals surface area contributed by atoms with Crippen LogP contribution in [-0.2, 0) is 33.2 Å². The minimum atomic E-state index is -4.48. The summed E-state index contributed by atoms with van der Waals surface area (Å²) in [5.41, 5.74) is -2.36. The zero-order chi connectivity index (χ0) is 19.9. The lowest BCUT2D eigenvalue weighted by atomic mass is 9.99. The van der Waals surface area contributed by atoms with Gasteiger partial charge in [-0.25, -0.2) is 9.78 Å². The molecule has 1 aliphatic heterocycles. The second kappa shape index (κ2) is 6.61. The van der Waals surface area contributed by atoms with Gasteiger partial charge in [0.25, 0.3) is 5.56 Å². The van der Waals surface area contributed by atoms with Crippen LogP contribution in [0, 0.1) is 17.2 Å². The van der Waals surface area contributed by atoms with Gasteiger partial charge in [0.05, 0.1) is 0 Å². The molecule has 8 nitrogen and oxygen atoms in total. The second-order valence-corrected chi connectivity index (χ2v) is 6.52. The van der Waals surface area contributed by atoms with E-state index in [4.69, 9.17) is 0 Å². The van der Waals surface area contributed by atoms with Crippen LogP contribution in [0.1, 0.15) is 23.5 Å². The van der Waals surface area contributed by atoms with Crippen molar-refractivity contribution in [1.29, 1.82) is 5.26 Å². The van der Waals surface area contributed by atoms with Gasteiger partial charge in [0.15, 0.2) is 11.3 Å². The molecule has 0 saturated heterocycles. The van der Waals surface area contributed by atoms with E-state index in [1.165, 1.54) is 23.2 Å². The number of hydrogen-bond donors (Lipinski definition) is 1. The third-order valence-electron chi connectivity index (χ3n) is 4.72. The Bertz CT molecular complexity index is 1040. The van der Waals surface area contributed by atoms with Crippen LogP contribution in [0.15, 0.2) is 15.8 Å². The van der Waals surface area contributed by atoms with Crippen molar-refractivity contribution in [1.82, 2.24) is 18.7 Å². The van der Waals surface area contributed by atoms with Crippen molar-refractivity contribution in [2.45, 2.75) is 25.6 Å². The summed E-state index contributed by atoms with van der Waals surface area (Å²) < 4.78 is 41.9. The highest BCUT2D eigenvalue weighted by Gasteiger charge is 2.35. The number of nitriles is 1. The first-order valence-electron chi connectivity index (χ1n) is 8.20. The number of rotatable bonds is 3. The number of fused-ring (bicyclic) bond motifs is 1. The summed E-state index contributed by atoms with van der Waals surface area (Å²) in [6.07, 6.45) is -2.50. The molecule has 3 rings (SSSR count). The lowest BCUT2D eigenvalue weighted by molar-refractivity contribution is -0.141. The van der Waals surface area contributed by atoms with E-state index < -0.39 is 23.1 Å². The lowest BCUT2D eigenvalue weighted by Crippen LogP contribution is -2.40. The lowest BCUT2D eigenvalue weighted by Gasteiger charge is -2.25. The predicted octanol–water partition coefficient (Wildman–Crippen LogP) is 0.845. The average molecular weight is 382 g/mol. The first-order valence-corrected chi connectivity index (χ1v) is 8.20. The van der Waals surface area contributed by atoms with Crippen LogP contribution in [0.25, 0.3) is 0 Å². The maximum atomic E-state index is 12.8. The fourth-order valence-electron chi connectivity index (χ4n) is 3.21. The van der Waals surface area contributed by atoms with Gasteiger partial charge in [-0.3, -0.25) is 13.9 Å². The molecule has 3 heterocycles. The van der Waals surface area contributed by atoms with Gasteiger partial charge < -0.3 is 9.88 Å². The fraction of sp³-hybridized carbons (Fsp3) is 0.500. The summed E-state index contributed by atoms with van der Waals surface area (Å²) in [7, 11) is 2.73. The van der Waals surface area contributed by atoms with Gasteiger partial charge in [0.1, 0.15) is 17.7 Å². The van der Waals surface area contributed by atoms with E-state index in [1.807, 2.05) is 0 Å². The van der Waals surface area contributed by atoms with Crippen LogP contribution in [0.2, 0.25) is 0 Å². The van der Waals surface area contributed by atoms with Gasteiger partial charge in [0.2, 0.25) is 0 Å². The van der Waals surface area contributed by atoms with Crippen LogP contribution in [-0.4, -0.2) is 25.2 Å². The third kappa shape index (κ3) is 3.34. The molecule has 1 aliphatic rings. The Hall–Kier alpha value is -3.03. The maximum Gasteiger partial charge on any atom is 0.434 e. The highest BCUT2D eigenvalue weighted by molar-refractivity contribution is 5.51. The van der Waals surface area contributed by atoms with Crippen molar-refractivity contribution in [3.63, 3.8) is 0 Å². The predicted molar refractivity (Wildman–Crippen MR) is 89.2 cm³/mol. The summed E-state index contributed by atoms with van der Waals surface area (Å²) in [4.78, 5) is 27.8. The van der Waals surface area contributed by atoms with Crippen LogP contribution in [0.3, 0.4) is 0 Å². The van der Waals surface area contributed by atoms with Gasteiger partial charge in [-0.05, 0) is 12.3 Å². The fourth-order valence-corrected chi connectivity index (χ4v) is 3.21. The Morgan fingerprint density at radius 2 is 2.04 bits per heavy atom. The van der Waals surface area contributed by atoms with Crippen LogP contribution in [0.4, 0.5) is 19.0 Å². The molecule has 1 atom stereocenters. The van der Waals surface area contributed by atoms with Crippen molar-refractivity contribution >= 4 is 5.82 Å². The number of halogens is 3. The van der Waals surface area contributed by atoms with Crippen molar-refractivity contribution in [3.8, 4) is 6.07 Å². The zero-order valence-corrected chi connectivity index (χ0v) is 14.7. The smallest absolute Gasteiger partial charge is 0.370 e. The third-order valence-corrected chi connectivity index (χ3v) is 4.72. The van der Waals surface area contributed by atoms with Gasteiger partial charge in [-0.15, -0.1) is 0 Å². The van der Waals surface area contributed by atoms with Gasteiger partial charge in [-0.2, -0.15) is 18.4 Å². The van der Waals surface area contributed by atoms with Gasteiger partial charge in [-0.1, -0.05) is 0 Å². The topological polar surface area (TPSA) is 97.6 Å². The number of anilines is 1. The van der Waals surface area contributed by atoms with Crippen molar-refractivity contribution in [2.24, 2.45) is 20.0 Å². The van der Waals surface area contributed by atoms with Crippen molar-refractivity contribution in [2.75, 3.05) is 11.9 Å². The van der Waals surface area contributed by atoms with Gasteiger partial charge >= 0.3 is 11.9 Å². The molecule has 0 fully saturated rings. The zero-order valence-electron chi connectivity index (χ0n) is 14.7. The van der Waals surface area contributed by atoms with Crippen LogP contribution in [0.5, 0.6) is 0 Å². The number of alkyl halides is 3. The minimum Gasteiger partial charge on any atom is -0.370 e. The molecule has 2 aromatic rings. The quantitative estimate of drug-likeness (QED) is 0.849. The molecule has 2 aromatic heterocycles. The summed E-state index contributed by atoms with van der Waals surface area (Å²) in [5, 5.41) is 12.2. The Labute approximate surface area is 151 Å². The van der Waals surface area contributed by atoms with Crippen molar-refractivity contribution < 1.29 is 13.2 Å². The summed E-state index contributed by atoms with van der Waals surface area (Å²) in [6, 6.07) is 1.80. The maximum absolute atomic E-state index is 12.8. The monoisotopic (exact) mass is 382 g/mol. The van der Waals surface area contributed by atoms with E-state index in [0.29, 0.717) is 31.8 Å². The minimum absolute atomic E-state index is 0.0431. The van der Waals surface area contributed by atoms with E-state index >= 15 is 0 Å². The molecule has 144 valence electrons. The van der Waals surface area contributed by atoms with E-state index in [1.54, 1.807) is 6.07 Å². The summed E-state index contributed by atoms with van der Waals surface area (Å²) in [5.74, 6) is 0.453. The highest BCUT2D eigenvalue weighted by atomic mass is 19.4. The Kier molecular flexibility index (Phi) is 4.59. The Morgan fingerprint density at radius 1 is 1.33 bits per heavy atom. The number of nitrogens with one attached hydrogen (secondary N) is 1. The molecule has 0 unspecified atom stereocenters. The Morgan fingerprint density at radius 3 is 2.67 bits per heavy atom. The molecule has 0 bridgehead atoms. The normalized spacial score (nSPS) is 16.7. The molecule has 0 radical (unpaired) electrons. The van der Waals surface area contributed by atoms with E-state index in [-0.39, 0.29) is 17.3 Å². The number of aromatic nitrogens is 4. The number of hydrogen-bond acceptors (Lipinski definition) is 5. The van der Waals surface area contributed by atoms with Crippen LogP contribution >= 0.6 is 0 Å². The first-order chi connectivity index (χ1) is 12.6. The number of aryl methyl sites for hydroxylation is 1. The van der Waals surface area contributed by atoms with Gasteiger partial charge in [0, 0.05) is 39.8 Å².